The number of amides is 1. The van der Waals surface area contributed by atoms with Crippen LogP contribution < -0.4 is 14.4 Å². The smallest absolute Gasteiger partial charge is 0.251 e. The third-order valence-electron chi connectivity index (χ3n) is 4.39. The number of hydrogen-bond acceptors (Lipinski definition) is 5. The summed E-state index contributed by atoms with van der Waals surface area (Å²) in [5, 5.41) is 10.3. The van der Waals surface area contributed by atoms with Crippen LogP contribution in [0.25, 0.3) is 6.08 Å². The number of benzene rings is 2. The van der Waals surface area contributed by atoms with Crippen molar-refractivity contribution in [1.29, 1.82) is 0 Å². The standard InChI is InChI=1S/C24H24N2O4/c1-3-30-22-13-11-18(16-23(22)29-2)12-14-24(28)26(17-19-8-6-7-15-25-19)20-9-4-5-10-21(20)27/h4-16,27H,3,17H2,1-2H3/b14-12+. The molecule has 0 saturated carbocycles. The molecule has 1 heterocycles. The van der Waals surface area contributed by atoms with Gasteiger partial charge in [0.25, 0.3) is 5.91 Å². The topological polar surface area (TPSA) is 71.9 Å². The van der Waals surface area contributed by atoms with Gasteiger partial charge in [-0.1, -0.05) is 24.3 Å². The minimum Gasteiger partial charge on any atom is -0.506 e. The number of anilines is 1. The predicted molar refractivity (Wildman–Crippen MR) is 117 cm³/mol. The zero-order valence-electron chi connectivity index (χ0n) is 17.0. The maximum atomic E-state index is 13.0. The maximum Gasteiger partial charge on any atom is 0.251 e. The Bertz CT molecular complexity index is 1020. The van der Waals surface area contributed by atoms with Gasteiger partial charge in [-0.2, -0.15) is 0 Å². The molecule has 0 fully saturated rings. The molecule has 0 atom stereocenters. The Hall–Kier alpha value is -3.80. The number of hydrogen-bond donors (Lipinski definition) is 1. The molecule has 6 heteroatoms. The zero-order chi connectivity index (χ0) is 21.3. The van der Waals surface area contributed by atoms with Crippen LogP contribution in [-0.4, -0.2) is 29.7 Å². The summed E-state index contributed by atoms with van der Waals surface area (Å²) in [6, 6.07) is 17.7. The average molecular weight is 404 g/mol. The number of phenolic OH excluding ortho intramolecular Hbond substituents is 1. The Morgan fingerprint density at radius 3 is 2.60 bits per heavy atom. The highest BCUT2D eigenvalue weighted by molar-refractivity contribution is 6.04. The Balaban J connectivity index is 1.87. The van der Waals surface area contributed by atoms with E-state index in [2.05, 4.69) is 4.98 Å². The molecule has 3 aromatic rings. The second kappa shape index (κ2) is 10.1. The molecule has 0 aliphatic heterocycles. The van der Waals surface area contributed by atoms with E-state index in [1.165, 1.54) is 11.0 Å². The van der Waals surface area contributed by atoms with E-state index in [-0.39, 0.29) is 18.2 Å². The highest BCUT2D eigenvalue weighted by Gasteiger charge is 2.17. The molecule has 0 aliphatic carbocycles. The quantitative estimate of drug-likeness (QED) is 0.562. The second-order valence-electron chi connectivity index (χ2n) is 6.41. The summed E-state index contributed by atoms with van der Waals surface area (Å²) in [4.78, 5) is 18.8. The van der Waals surface area contributed by atoms with Gasteiger partial charge < -0.3 is 14.6 Å². The summed E-state index contributed by atoms with van der Waals surface area (Å²) >= 11 is 0. The number of phenols is 1. The largest absolute Gasteiger partial charge is 0.506 e. The summed E-state index contributed by atoms with van der Waals surface area (Å²) in [7, 11) is 1.57. The van der Waals surface area contributed by atoms with Gasteiger partial charge in [-0.05, 0) is 55.0 Å². The van der Waals surface area contributed by atoms with Crippen LogP contribution in [0.4, 0.5) is 5.69 Å². The van der Waals surface area contributed by atoms with Crippen molar-refractivity contribution in [2.24, 2.45) is 0 Å². The number of aromatic nitrogens is 1. The first-order valence-electron chi connectivity index (χ1n) is 9.60. The molecule has 0 aliphatic rings. The molecule has 30 heavy (non-hydrogen) atoms. The van der Waals surface area contributed by atoms with Crippen molar-refractivity contribution in [2.75, 3.05) is 18.6 Å². The minimum absolute atomic E-state index is 0.0258. The Morgan fingerprint density at radius 2 is 1.90 bits per heavy atom. The monoisotopic (exact) mass is 404 g/mol. The lowest BCUT2D eigenvalue weighted by atomic mass is 10.1. The van der Waals surface area contributed by atoms with E-state index in [9.17, 15) is 9.90 Å². The normalized spacial score (nSPS) is 10.7. The van der Waals surface area contributed by atoms with Crippen molar-refractivity contribution in [2.45, 2.75) is 13.5 Å². The molecule has 1 N–H and O–H groups in total. The number of carbonyl (C=O) groups is 1. The summed E-state index contributed by atoms with van der Waals surface area (Å²) in [5.74, 6) is 0.986. The molecular weight excluding hydrogens is 380 g/mol. The van der Waals surface area contributed by atoms with E-state index in [0.29, 0.717) is 29.5 Å². The molecule has 0 bridgehead atoms. The fourth-order valence-corrected chi connectivity index (χ4v) is 2.95. The number of carbonyl (C=O) groups excluding carboxylic acids is 1. The molecular formula is C24H24N2O4. The molecule has 154 valence electrons. The van der Waals surface area contributed by atoms with Crippen LogP contribution in [0.15, 0.2) is 72.9 Å². The van der Waals surface area contributed by atoms with Gasteiger partial charge >= 0.3 is 0 Å². The number of aromatic hydroxyl groups is 1. The Labute approximate surface area is 176 Å². The van der Waals surface area contributed by atoms with Crippen molar-refractivity contribution < 1.29 is 19.4 Å². The molecule has 0 spiro atoms. The lowest BCUT2D eigenvalue weighted by molar-refractivity contribution is -0.114. The van der Waals surface area contributed by atoms with E-state index >= 15 is 0 Å². The first-order chi connectivity index (χ1) is 14.6. The fourth-order valence-electron chi connectivity index (χ4n) is 2.95. The third kappa shape index (κ3) is 5.17. The van der Waals surface area contributed by atoms with Crippen molar-refractivity contribution in [3.05, 3.63) is 84.2 Å². The number of ether oxygens (including phenoxy) is 2. The molecule has 2 aromatic carbocycles. The van der Waals surface area contributed by atoms with Gasteiger partial charge in [0.05, 0.1) is 31.6 Å². The summed E-state index contributed by atoms with van der Waals surface area (Å²) in [6.07, 6.45) is 4.83. The van der Waals surface area contributed by atoms with Crippen LogP contribution in [0, 0.1) is 0 Å². The number of rotatable bonds is 8. The van der Waals surface area contributed by atoms with E-state index in [1.54, 1.807) is 55.8 Å². The highest BCUT2D eigenvalue weighted by atomic mass is 16.5. The van der Waals surface area contributed by atoms with E-state index in [1.807, 2.05) is 31.2 Å². The SMILES string of the molecule is CCOc1ccc(/C=C/C(=O)N(Cc2ccccn2)c2ccccc2O)cc1OC. The first kappa shape index (κ1) is 20.9. The average Bonchev–Trinajstić information content (AvgIpc) is 2.78. The minimum atomic E-state index is -0.282. The maximum absolute atomic E-state index is 13.0. The predicted octanol–water partition coefficient (Wildman–Crippen LogP) is 4.44. The van der Waals surface area contributed by atoms with Gasteiger partial charge in [0.15, 0.2) is 11.5 Å². The third-order valence-corrected chi connectivity index (χ3v) is 4.39. The number of para-hydroxylation sites is 2. The van der Waals surface area contributed by atoms with Gasteiger partial charge in [-0.15, -0.1) is 0 Å². The van der Waals surface area contributed by atoms with Crippen LogP contribution >= 0.6 is 0 Å². The van der Waals surface area contributed by atoms with Gasteiger partial charge in [0, 0.05) is 12.3 Å². The van der Waals surface area contributed by atoms with Crippen LogP contribution in [0.1, 0.15) is 18.2 Å². The van der Waals surface area contributed by atoms with Crippen LogP contribution in [0.3, 0.4) is 0 Å². The van der Waals surface area contributed by atoms with Gasteiger partial charge in [-0.25, -0.2) is 0 Å². The summed E-state index contributed by atoms with van der Waals surface area (Å²) in [6.45, 7) is 2.67. The molecule has 0 saturated heterocycles. The highest BCUT2D eigenvalue weighted by Crippen LogP contribution is 2.30. The zero-order valence-corrected chi connectivity index (χ0v) is 17.0. The first-order valence-corrected chi connectivity index (χ1v) is 9.60. The molecule has 3 rings (SSSR count). The van der Waals surface area contributed by atoms with E-state index in [4.69, 9.17) is 9.47 Å². The number of pyridine rings is 1. The lowest BCUT2D eigenvalue weighted by Gasteiger charge is -2.22. The molecule has 1 amide bonds. The van der Waals surface area contributed by atoms with Crippen LogP contribution in [0.2, 0.25) is 0 Å². The van der Waals surface area contributed by atoms with Gasteiger partial charge in [0.2, 0.25) is 0 Å². The molecule has 0 unspecified atom stereocenters. The van der Waals surface area contributed by atoms with Gasteiger partial charge in [0.1, 0.15) is 5.75 Å². The van der Waals surface area contributed by atoms with Crippen molar-refractivity contribution in [1.82, 2.24) is 4.98 Å². The second-order valence-corrected chi connectivity index (χ2v) is 6.41. The fraction of sp³-hybridized carbons (Fsp3) is 0.167. The molecule has 1 aromatic heterocycles. The number of nitrogens with zero attached hydrogens (tertiary/aromatic N) is 2. The van der Waals surface area contributed by atoms with Crippen molar-refractivity contribution in [3.8, 4) is 17.2 Å². The van der Waals surface area contributed by atoms with Crippen molar-refractivity contribution >= 4 is 17.7 Å². The molecule has 0 radical (unpaired) electrons. The molecule has 6 nitrogen and oxygen atoms in total. The Morgan fingerprint density at radius 1 is 1.10 bits per heavy atom. The summed E-state index contributed by atoms with van der Waals surface area (Å²) in [5.41, 5.74) is 1.92. The van der Waals surface area contributed by atoms with E-state index in [0.717, 1.165) is 5.56 Å². The van der Waals surface area contributed by atoms with Crippen molar-refractivity contribution in [3.63, 3.8) is 0 Å². The van der Waals surface area contributed by atoms with Crippen LogP contribution in [0.5, 0.6) is 17.2 Å². The van der Waals surface area contributed by atoms with Crippen LogP contribution in [-0.2, 0) is 11.3 Å². The van der Waals surface area contributed by atoms with Gasteiger partial charge in [-0.3, -0.25) is 14.7 Å². The Kier molecular flexibility index (Phi) is 7.05. The van der Waals surface area contributed by atoms with E-state index < -0.39 is 0 Å². The summed E-state index contributed by atoms with van der Waals surface area (Å²) < 4.78 is 10.9. The lowest BCUT2D eigenvalue weighted by Crippen LogP contribution is -2.29. The number of methoxy groups -OCH3 is 1.